The van der Waals surface area contributed by atoms with Crippen LogP contribution in [0.15, 0.2) is 36.5 Å². The summed E-state index contributed by atoms with van der Waals surface area (Å²) in [4.78, 5) is 7.69. The van der Waals surface area contributed by atoms with E-state index < -0.39 is 0 Å². The van der Waals surface area contributed by atoms with Crippen LogP contribution < -0.4 is 5.32 Å². The molecule has 0 bridgehead atoms. The molecule has 0 spiro atoms. The Morgan fingerprint density at radius 2 is 2.21 bits per heavy atom. The zero-order valence-electron chi connectivity index (χ0n) is 10.2. The van der Waals surface area contributed by atoms with Crippen molar-refractivity contribution in [2.24, 2.45) is 0 Å². The molecule has 3 nitrogen and oxygen atoms in total. The van der Waals surface area contributed by atoms with Gasteiger partial charge >= 0.3 is 0 Å². The highest BCUT2D eigenvalue weighted by atomic mass is 35.5. The van der Waals surface area contributed by atoms with Crippen molar-refractivity contribution < 1.29 is 0 Å². The molecule has 0 aliphatic carbocycles. The van der Waals surface area contributed by atoms with Gasteiger partial charge in [-0.15, -0.1) is 11.3 Å². The zero-order valence-corrected chi connectivity index (χ0v) is 12.6. The summed E-state index contributed by atoms with van der Waals surface area (Å²) in [5, 5.41) is 4.08. The molecule has 98 valence electrons. The number of nitrogens with zero attached hydrogens (tertiary/aromatic N) is 2. The number of hydrogen-bond acceptors (Lipinski definition) is 3. The Bertz CT molecular complexity index is 599. The molecule has 1 fully saturated rings. The van der Waals surface area contributed by atoms with Gasteiger partial charge in [-0.05, 0) is 36.5 Å². The van der Waals surface area contributed by atoms with E-state index in [1.54, 1.807) is 17.5 Å². The van der Waals surface area contributed by atoms with Gasteiger partial charge in [0.15, 0.2) is 5.11 Å². The van der Waals surface area contributed by atoms with E-state index in [4.69, 9.17) is 23.8 Å². The standard InChI is InChI=1S/C13H12ClN3S2/c1-17-12(9-5-6-10(14)19-9)11(16-13(17)18)8-4-2-3-7-15-8/h2-7,11-12H,1H3,(H,16,18). The predicted octanol–water partition coefficient (Wildman–Crippen LogP) is 3.40. The van der Waals surface area contributed by atoms with Crippen LogP contribution in [0.5, 0.6) is 0 Å². The maximum absolute atomic E-state index is 6.05. The van der Waals surface area contributed by atoms with E-state index in [0.717, 1.165) is 15.1 Å². The first-order valence-electron chi connectivity index (χ1n) is 5.86. The molecule has 2 aromatic rings. The summed E-state index contributed by atoms with van der Waals surface area (Å²) in [5.41, 5.74) is 0.990. The van der Waals surface area contributed by atoms with Gasteiger partial charge in [-0.3, -0.25) is 4.98 Å². The smallest absolute Gasteiger partial charge is 0.169 e. The topological polar surface area (TPSA) is 28.2 Å². The van der Waals surface area contributed by atoms with E-state index in [1.807, 2.05) is 31.3 Å². The van der Waals surface area contributed by atoms with Gasteiger partial charge < -0.3 is 10.2 Å². The lowest BCUT2D eigenvalue weighted by Crippen LogP contribution is -2.24. The largest absolute Gasteiger partial charge is 0.352 e. The Hall–Kier alpha value is -1.17. The Morgan fingerprint density at radius 1 is 1.37 bits per heavy atom. The molecule has 0 saturated carbocycles. The van der Waals surface area contributed by atoms with Gasteiger partial charge in [0.1, 0.15) is 0 Å². The van der Waals surface area contributed by atoms with Gasteiger partial charge in [0.2, 0.25) is 0 Å². The number of nitrogens with one attached hydrogen (secondary N) is 1. The first-order chi connectivity index (χ1) is 9.16. The second-order valence-corrected chi connectivity index (χ2v) is 6.51. The highest BCUT2D eigenvalue weighted by molar-refractivity contribution is 7.80. The van der Waals surface area contributed by atoms with Crippen LogP contribution in [0.2, 0.25) is 4.34 Å². The Labute approximate surface area is 126 Å². The van der Waals surface area contributed by atoms with Crippen LogP contribution >= 0.6 is 35.2 Å². The minimum Gasteiger partial charge on any atom is -0.352 e. The Balaban J connectivity index is 2.01. The monoisotopic (exact) mass is 309 g/mol. The Morgan fingerprint density at radius 3 is 2.84 bits per heavy atom. The first-order valence-corrected chi connectivity index (χ1v) is 7.46. The number of hydrogen-bond donors (Lipinski definition) is 1. The summed E-state index contributed by atoms with van der Waals surface area (Å²) in [6, 6.07) is 10.1. The van der Waals surface area contributed by atoms with Gasteiger partial charge in [-0.1, -0.05) is 17.7 Å². The van der Waals surface area contributed by atoms with Crippen LogP contribution in [-0.4, -0.2) is 22.0 Å². The quantitative estimate of drug-likeness (QED) is 0.861. The lowest BCUT2D eigenvalue weighted by Gasteiger charge is -2.22. The number of rotatable bonds is 2. The molecule has 0 amide bonds. The van der Waals surface area contributed by atoms with E-state index in [-0.39, 0.29) is 12.1 Å². The minimum atomic E-state index is 0.0633. The van der Waals surface area contributed by atoms with E-state index >= 15 is 0 Å². The van der Waals surface area contributed by atoms with E-state index in [9.17, 15) is 0 Å². The highest BCUT2D eigenvalue weighted by Crippen LogP contribution is 2.41. The fourth-order valence-electron chi connectivity index (χ4n) is 2.30. The molecule has 1 aliphatic heterocycles. The fraction of sp³-hybridized carbons (Fsp3) is 0.231. The number of aromatic nitrogens is 1. The van der Waals surface area contributed by atoms with Crippen LogP contribution in [0, 0.1) is 0 Å². The molecule has 1 N–H and O–H groups in total. The van der Waals surface area contributed by atoms with Gasteiger partial charge in [0.05, 0.1) is 22.1 Å². The summed E-state index contributed by atoms with van der Waals surface area (Å²) in [6.45, 7) is 0. The lowest BCUT2D eigenvalue weighted by molar-refractivity contribution is 0.374. The van der Waals surface area contributed by atoms with Crippen molar-refractivity contribution in [2.75, 3.05) is 7.05 Å². The number of thiophene rings is 1. The number of likely N-dealkylation sites (N-methyl/N-ethyl adjacent to an activating group) is 1. The van der Waals surface area contributed by atoms with Crippen molar-refractivity contribution in [3.63, 3.8) is 0 Å². The molecule has 2 unspecified atom stereocenters. The third-order valence-corrected chi connectivity index (χ3v) is 4.93. The maximum atomic E-state index is 6.05. The van der Waals surface area contributed by atoms with Crippen molar-refractivity contribution >= 4 is 40.3 Å². The number of pyridine rings is 1. The molecule has 3 rings (SSSR count). The fourth-order valence-corrected chi connectivity index (χ4v) is 3.78. The molecule has 3 heterocycles. The van der Waals surface area contributed by atoms with Crippen LogP contribution in [0.25, 0.3) is 0 Å². The second kappa shape index (κ2) is 5.07. The van der Waals surface area contributed by atoms with E-state index in [0.29, 0.717) is 0 Å². The molecule has 0 aromatic carbocycles. The van der Waals surface area contributed by atoms with E-state index in [2.05, 4.69) is 21.3 Å². The molecule has 0 radical (unpaired) electrons. The lowest BCUT2D eigenvalue weighted by atomic mass is 10.0. The van der Waals surface area contributed by atoms with Gasteiger partial charge in [0, 0.05) is 18.1 Å². The summed E-state index contributed by atoms with van der Waals surface area (Å²) in [6.07, 6.45) is 1.80. The number of halogens is 1. The van der Waals surface area contributed by atoms with Crippen LogP contribution in [0.4, 0.5) is 0 Å². The third-order valence-electron chi connectivity index (χ3n) is 3.22. The predicted molar refractivity (Wildman–Crippen MR) is 82.5 cm³/mol. The van der Waals surface area contributed by atoms with Crippen LogP contribution in [0.1, 0.15) is 22.7 Å². The molecule has 6 heteroatoms. The SMILES string of the molecule is CN1C(=S)NC(c2ccccn2)C1c1ccc(Cl)s1. The van der Waals surface area contributed by atoms with E-state index in [1.165, 1.54) is 4.88 Å². The first kappa shape index (κ1) is 12.8. The third kappa shape index (κ3) is 2.33. The molecule has 1 aliphatic rings. The average Bonchev–Trinajstić information content (AvgIpc) is 2.96. The van der Waals surface area contributed by atoms with Gasteiger partial charge in [0.25, 0.3) is 0 Å². The minimum absolute atomic E-state index is 0.0633. The summed E-state index contributed by atoms with van der Waals surface area (Å²) in [5.74, 6) is 0. The van der Waals surface area contributed by atoms with Gasteiger partial charge in [-0.2, -0.15) is 0 Å². The molecular weight excluding hydrogens is 298 g/mol. The van der Waals surface area contributed by atoms with Crippen molar-refractivity contribution in [1.29, 1.82) is 0 Å². The number of thiocarbonyl (C=S) groups is 1. The average molecular weight is 310 g/mol. The summed E-state index contributed by atoms with van der Waals surface area (Å²) in [7, 11) is 2.00. The Kier molecular flexibility index (Phi) is 3.43. The van der Waals surface area contributed by atoms with Crippen LogP contribution in [0.3, 0.4) is 0 Å². The summed E-state index contributed by atoms with van der Waals surface area (Å²) >= 11 is 13.0. The second-order valence-electron chi connectivity index (χ2n) is 4.38. The van der Waals surface area contributed by atoms with Crippen molar-refractivity contribution in [2.45, 2.75) is 12.1 Å². The van der Waals surface area contributed by atoms with Crippen molar-refractivity contribution in [3.8, 4) is 0 Å². The molecule has 2 aromatic heterocycles. The molecular formula is C13H12ClN3S2. The zero-order chi connectivity index (χ0) is 13.4. The molecule has 2 atom stereocenters. The van der Waals surface area contributed by atoms with Crippen molar-refractivity contribution in [3.05, 3.63) is 51.4 Å². The van der Waals surface area contributed by atoms with Crippen LogP contribution in [-0.2, 0) is 0 Å². The molecule has 1 saturated heterocycles. The van der Waals surface area contributed by atoms with Crippen molar-refractivity contribution in [1.82, 2.24) is 15.2 Å². The maximum Gasteiger partial charge on any atom is 0.169 e. The molecule has 19 heavy (non-hydrogen) atoms. The highest BCUT2D eigenvalue weighted by Gasteiger charge is 2.38. The van der Waals surface area contributed by atoms with Gasteiger partial charge in [-0.25, -0.2) is 0 Å². The normalized spacial score (nSPS) is 22.6. The summed E-state index contributed by atoms with van der Waals surface area (Å²) < 4.78 is 0.793.